The first-order valence-corrected chi connectivity index (χ1v) is 11.6. The van der Waals surface area contributed by atoms with Crippen LogP contribution in [-0.2, 0) is 0 Å². The van der Waals surface area contributed by atoms with Crippen LogP contribution >= 0.6 is 0 Å². The number of hydrogen-bond acceptors (Lipinski definition) is 1. The van der Waals surface area contributed by atoms with Gasteiger partial charge in [0.25, 0.3) is 0 Å². The predicted molar refractivity (Wildman–Crippen MR) is 128 cm³/mol. The molecule has 3 aromatic rings. The molecule has 0 atom stereocenters. The van der Waals surface area contributed by atoms with Crippen molar-refractivity contribution in [1.29, 1.82) is 0 Å². The Balaban J connectivity index is 1.48. The molecule has 0 radical (unpaired) electrons. The highest BCUT2D eigenvalue weighted by Crippen LogP contribution is 2.43. The summed E-state index contributed by atoms with van der Waals surface area (Å²) in [4.78, 5) is 0. The van der Waals surface area contributed by atoms with E-state index in [9.17, 15) is 8.78 Å². The minimum Gasteiger partial charge on any atom is -0.494 e. The molecule has 0 unspecified atom stereocenters. The Kier molecular flexibility index (Phi) is 7.22. The molecule has 0 heterocycles. The number of ether oxygens (including phenoxy) is 1. The van der Waals surface area contributed by atoms with Crippen molar-refractivity contribution in [3.8, 4) is 16.9 Å². The zero-order valence-corrected chi connectivity index (χ0v) is 19.1. The van der Waals surface area contributed by atoms with Crippen LogP contribution < -0.4 is 4.74 Å². The van der Waals surface area contributed by atoms with Crippen LogP contribution in [0.25, 0.3) is 17.2 Å². The third-order valence-electron chi connectivity index (χ3n) is 6.58. The average Bonchev–Trinajstić information content (AvgIpc) is 2.82. The molecule has 1 nitrogen and oxygen atoms in total. The van der Waals surface area contributed by atoms with Crippen LogP contribution in [0.4, 0.5) is 13.2 Å². The summed E-state index contributed by atoms with van der Waals surface area (Å²) in [6, 6.07) is 15.8. The van der Waals surface area contributed by atoms with Crippen molar-refractivity contribution >= 4 is 6.08 Å². The highest BCUT2D eigenvalue weighted by Gasteiger charge is 2.28. The molecule has 4 heteroatoms. The Morgan fingerprint density at radius 3 is 2.06 bits per heavy atom. The highest BCUT2D eigenvalue weighted by atomic mass is 19.2. The van der Waals surface area contributed by atoms with E-state index in [1.54, 1.807) is 24.3 Å². The number of benzene rings is 3. The van der Waals surface area contributed by atoms with Crippen molar-refractivity contribution in [3.05, 3.63) is 94.8 Å². The van der Waals surface area contributed by atoms with Gasteiger partial charge in [-0.15, -0.1) is 0 Å². The van der Waals surface area contributed by atoms with Gasteiger partial charge in [-0.3, -0.25) is 0 Å². The molecule has 172 valence electrons. The standard InChI is InChI=1S/C29H29F3O/c1-3-5-19-6-8-21(9-7-19)25-16-17-26(29(32)28(25)31)22-12-10-20(11-13-22)24-15-14-23(33-4-2)18-27(24)30/h3,5-9,14-18,20,22H,4,10-13H2,1-2H3. The smallest absolute Gasteiger partial charge is 0.166 e. The van der Waals surface area contributed by atoms with E-state index in [0.29, 0.717) is 41.9 Å². The maximum Gasteiger partial charge on any atom is 0.166 e. The number of halogens is 3. The molecule has 3 aromatic carbocycles. The molecule has 0 spiro atoms. The van der Waals surface area contributed by atoms with Crippen LogP contribution in [0.5, 0.6) is 5.75 Å². The second kappa shape index (κ2) is 10.3. The summed E-state index contributed by atoms with van der Waals surface area (Å²) in [5, 5.41) is 0. The van der Waals surface area contributed by atoms with E-state index >= 15 is 4.39 Å². The number of rotatable bonds is 6. The summed E-state index contributed by atoms with van der Waals surface area (Å²) in [6.07, 6.45) is 6.77. The fourth-order valence-corrected chi connectivity index (χ4v) is 4.88. The first-order valence-electron chi connectivity index (χ1n) is 11.6. The fourth-order valence-electron chi connectivity index (χ4n) is 4.88. The molecular formula is C29H29F3O. The maximum absolute atomic E-state index is 15.1. The molecule has 1 aliphatic rings. The molecule has 1 fully saturated rings. The monoisotopic (exact) mass is 450 g/mol. The third-order valence-corrected chi connectivity index (χ3v) is 6.58. The Labute approximate surface area is 193 Å². The van der Waals surface area contributed by atoms with Gasteiger partial charge < -0.3 is 4.74 Å². The molecule has 0 aliphatic heterocycles. The molecule has 0 saturated heterocycles. The second-order valence-corrected chi connectivity index (χ2v) is 8.62. The van der Waals surface area contributed by atoms with Gasteiger partial charge in [-0.1, -0.05) is 54.6 Å². The van der Waals surface area contributed by atoms with E-state index in [1.165, 1.54) is 6.07 Å². The van der Waals surface area contributed by atoms with Crippen molar-refractivity contribution < 1.29 is 17.9 Å². The van der Waals surface area contributed by atoms with Gasteiger partial charge in [-0.05, 0) is 79.7 Å². The lowest BCUT2D eigenvalue weighted by Gasteiger charge is -2.30. The zero-order chi connectivity index (χ0) is 23.4. The summed E-state index contributed by atoms with van der Waals surface area (Å²) in [6.45, 7) is 4.29. The van der Waals surface area contributed by atoms with Gasteiger partial charge in [-0.25, -0.2) is 13.2 Å². The van der Waals surface area contributed by atoms with Crippen LogP contribution in [0.2, 0.25) is 0 Å². The van der Waals surface area contributed by atoms with E-state index in [1.807, 2.05) is 50.3 Å². The first-order chi connectivity index (χ1) is 16.0. The van der Waals surface area contributed by atoms with Crippen LogP contribution in [0.3, 0.4) is 0 Å². The van der Waals surface area contributed by atoms with Gasteiger partial charge in [0.2, 0.25) is 0 Å². The van der Waals surface area contributed by atoms with Gasteiger partial charge in [0, 0.05) is 11.6 Å². The lowest BCUT2D eigenvalue weighted by molar-refractivity contribution is 0.336. The predicted octanol–water partition coefficient (Wildman–Crippen LogP) is 8.64. The van der Waals surface area contributed by atoms with E-state index < -0.39 is 11.6 Å². The van der Waals surface area contributed by atoms with Crippen molar-refractivity contribution in [1.82, 2.24) is 0 Å². The van der Waals surface area contributed by atoms with Crippen LogP contribution in [0, 0.1) is 17.5 Å². The lowest BCUT2D eigenvalue weighted by atomic mass is 9.75. The highest BCUT2D eigenvalue weighted by molar-refractivity contribution is 5.67. The van der Waals surface area contributed by atoms with Crippen molar-refractivity contribution in [2.24, 2.45) is 0 Å². The molecule has 33 heavy (non-hydrogen) atoms. The molecule has 4 rings (SSSR count). The zero-order valence-electron chi connectivity index (χ0n) is 19.1. The average molecular weight is 451 g/mol. The molecule has 1 saturated carbocycles. The van der Waals surface area contributed by atoms with Gasteiger partial charge in [-0.2, -0.15) is 0 Å². The molecule has 0 aromatic heterocycles. The maximum atomic E-state index is 15.1. The number of allylic oxidation sites excluding steroid dienone is 1. The van der Waals surface area contributed by atoms with Crippen LogP contribution in [0.15, 0.2) is 60.7 Å². The molecule has 1 aliphatic carbocycles. The first kappa shape index (κ1) is 23.2. The van der Waals surface area contributed by atoms with Crippen molar-refractivity contribution in [3.63, 3.8) is 0 Å². The summed E-state index contributed by atoms with van der Waals surface area (Å²) < 4.78 is 50.0. The quantitative estimate of drug-likeness (QED) is 0.365. The Morgan fingerprint density at radius 2 is 1.45 bits per heavy atom. The largest absolute Gasteiger partial charge is 0.494 e. The van der Waals surface area contributed by atoms with E-state index in [2.05, 4.69) is 0 Å². The normalized spacial score (nSPS) is 18.6. The lowest BCUT2D eigenvalue weighted by Crippen LogP contribution is -2.15. The van der Waals surface area contributed by atoms with E-state index in [-0.39, 0.29) is 23.2 Å². The Bertz CT molecular complexity index is 1130. The van der Waals surface area contributed by atoms with Gasteiger partial charge >= 0.3 is 0 Å². The minimum absolute atomic E-state index is 0.0624. The molecule has 0 bridgehead atoms. The Hall–Kier alpha value is -3.01. The SMILES string of the molecule is CC=Cc1ccc(-c2ccc(C3CCC(c4ccc(OCC)cc4F)CC3)c(F)c2F)cc1. The third kappa shape index (κ3) is 5.00. The summed E-state index contributed by atoms with van der Waals surface area (Å²) >= 11 is 0. The van der Waals surface area contributed by atoms with E-state index in [4.69, 9.17) is 4.74 Å². The topological polar surface area (TPSA) is 9.23 Å². The van der Waals surface area contributed by atoms with E-state index in [0.717, 1.165) is 18.4 Å². The number of hydrogen-bond donors (Lipinski definition) is 0. The van der Waals surface area contributed by atoms with Gasteiger partial charge in [0.15, 0.2) is 11.6 Å². The fraction of sp³-hybridized carbons (Fsp3) is 0.310. The van der Waals surface area contributed by atoms with Crippen molar-refractivity contribution in [2.75, 3.05) is 6.61 Å². The Morgan fingerprint density at radius 1 is 0.818 bits per heavy atom. The van der Waals surface area contributed by atoms with Crippen LogP contribution in [-0.4, -0.2) is 6.61 Å². The van der Waals surface area contributed by atoms with Crippen molar-refractivity contribution in [2.45, 2.75) is 51.4 Å². The minimum atomic E-state index is -0.800. The second-order valence-electron chi connectivity index (χ2n) is 8.62. The molecular weight excluding hydrogens is 421 g/mol. The van der Waals surface area contributed by atoms with Gasteiger partial charge in [0.05, 0.1) is 6.61 Å². The summed E-state index contributed by atoms with van der Waals surface area (Å²) in [7, 11) is 0. The van der Waals surface area contributed by atoms with Crippen LogP contribution in [0.1, 0.15) is 68.1 Å². The molecule has 0 amide bonds. The molecule has 0 N–H and O–H groups in total. The summed E-state index contributed by atoms with van der Waals surface area (Å²) in [5.41, 5.74) is 3.04. The van der Waals surface area contributed by atoms with Gasteiger partial charge in [0.1, 0.15) is 11.6 Å². The summed E-state index contributed by atoms with van der Waals surface area (Å²) in [5.74, 6) is -1.27.